The molecule has 1 saturated heterocycles. The van der Waals surface area contributed by atoms with Gasteiger partial charge in [-0.3, -0.25) is 5.10 Å². The largest absolute Gasteiger partial charge is 0.508 e. The highest BCUT2D eigenvalue weighted by molar-refractivity contribution is 5.76. The summed E-state index contributed by atoms with van der Waals surface area (Å²) in [5.74, 6) is 0.133. The van der Waals surface area contributed by atoms with Gasteiger partial charge in [-0.25, -0.2) is 4.79 Å². The number of urea groups is 1. The number of nitrogens with one attached hydrogen (secondary N) is 1. The smallest absolute Gasteiger partial charge is 0.321 e. The summed E-state index contributed by atoms with van der Waals surface area (Å²) in [7, 11) is 0. The Morgan fingerprint density at radius 2 is 1.18 bits per heavy atom. The fourth-order valence-corrected chi connectivity index (χ4v) is 6.06. The van der Waals surface area contributed by atoms with Crippen molar-refractivity contribution < 1.29 is 20.1 Å². The van der Waals surface area contributed by atoms with E-state index in [0.29, 0.717) is 12.8 Å². The monoisotopic (exact) mass is 588 g/mol. The maximum absolute atomic E-state index is 14.8. The number of phenolic OH excluding ortho intramolecular Hbond substituents is 1. The van der Waals surface area contributed by atoms with E-state index < -0.39 is 24.3 Å². The minimum Gasteiger partial charge on any atom is -0.508 e. The molecule has 1 aliphatic rings. The third-order valence-corrected chi connectivity index (χ3v) is 8.39. The number of aliphatic hydroxyl groups is 2. The number of aromatic hydroxyl groups is 1. The Morgan fingerprint density at radius 1 is 0.636 bits per heavy atom. The van der Waals surface area contributed by atoms with E-state index in [-0.39, 0.29) is 24.9 Å². The second-order valence-electron chi connectivity index (χ2n) is 11.4. The molecular formula is C36H36N4O4. The average molecular weight is 589 g/mol. The molecule has 0 saturated carbocycles. The van der Waals surface area contributed by atoms with Crippen molar-refractivity contribution in [3.05, 3.63) is 144 Å². The Bertz CT molecular complexity index is 1650. The van der Waals surface area contributed by atoms with Crippen LogP contribution in [-0.4, -0.2) is 65.6 Å². The van der Waals surface area contributed by atoms with Crippen molar-refractivity contribution >= 4 is 6.03 Å². The lowest BCUT2D eigenvalue weighted by atomic mass is 9.91. The number of hydrogen-bond donors (Lipinski definition) is 4. The molecule has 4 N–H and O–H groups in total. The number of nitrogens with zero attached hydrogens (tertiary/aromatic N) is 3. The van der Waals surface area contributed by atoms with E-state index in [0.717, 1.165) is 33.5 Å². The number of aromatic amines is 1. The molecule has 1 fully saturated rings. The fraction of sp³-hybridized carbons (Fsp3) is 0.222. The van der Waals surface area contributed by atoms with Crippen LogP contribution in [0.4, 0.5) is 4.79 Å². The van der Waals surface area contributed by atoms with Crippen LogP contribution in [0.2, 0.25) is 0 Å². The van der Waals surface area contributed by atoms with Crippen LogP contribution in [0.15, 0.2) is 121 Å². The number of carbonyl (C=O) groups excluding carboxylic acids is 1. The van der Waals surface area contributed by atoms with E-state index in [1.165, 1.54) is 0 Å². The Morgan fingerprint density at radius 3 is 1.73 bits per heavy atom. The lowest BCUT2D eigenvalue weighted by Gasteiger charge is -2.36. The normalized spacial score (nSPS) is 20.5. The van der Waals surface area contributed by atoms with Gasteiger partial charge in [0, 0.05) is 19.3 Å². The van der Waals surface area contributed by atoms with Crippen LogP contribution >= 0.6 is 0 Å². The van der Waals surface area contributed by atoms with E-state index in [2.05, 4.69) is 10.2 Å². The molecule has 2 heterocycles. The molecule has 4 atom stereocenters. The molecule has 5 aromatic rings. The second-order valence-corrected chi connectivity index (χ2v) is 11.4. The summed E-state index contributed by atoms with van der Waals surface area (Å²) in [6.45, 7) is 0.426. The highest BCUT2D eigenvalue weighted by Crippen LogP contribution is 2.31. The number of H-pyrrole nitrogens is 1. The molecule has 0 radical (unpaired) electrons. The number of carbonyl (C=O) groups is 1. The Hall–Kier alpha value is -4.92. The maximum Gasteiger partial charge on any atom is 0.321 e. The molecule has 0 spiro atoms. The number of hydrogen-bond acceptors (Lipinski definition) is 5. The van der Waals surface area contributed by atoms with Gasteiger partial charge in [0.1, 0.15) is 18.0 Å². The Balaban J connectivity index is 1.42. The summed E-state index contributed by atoms with van der Waals surface area (Å²) in [4.78, 5) is 18.2. The molecule has 8 heteroatoms. The van der Waals surface area contributed by atoms with Crippen LogP contribution in [0.1, 0.15) is 22.3 Å². The van der Waals surface area contributed by atoms with Gasteiger partial charge in [-0.15, -0.1) is 0 Å². The van der Waals surface area contributed by atoms with Crippen LogP contribution in [0.5, 0.6) is 5.75 Å². The molecule has 0 aliphatic carbocycles. The Kier molecular flexibility index (Phi) is 8.72. The Labute approximate surface area is 256 Å². The summed E-state index contributed by atoms with van der Waals surface area (Å²) < 4.78 is 0. The molecule has 1 aromatic heterocycles. The lowest BCUT2D eigenvalue weighted by Crippen LogP contribution is -2.50. The molecule has 1 aliphatic heterocycles. The van der Waals surface area contributed by atoms with Crippen LogP contribution in [-0.2, 0) is 25.9 Å². The number of aromatic nitrogens is 2. The van der Waals surface area contributed by atoms with Gasteiger partial charge < -0.3 is 25.1 Å². The summed E-state index contributed by atoms with van der Waals surface area (Å²) >= 11 is 0. The molecule has 0 bridgehead atoms. The van der Waals surface area contributed by atoms with Gasteiger partial charge in [0.25, 0.3) is 0 Å². The van der Waals surface area contributed by atoms with E-state index in [4.69, 9.17) is 0 Å². The molecule has 44 heavy (non-hydrogen) atoms. The number of rotatable bonds is 9. The molecule has 6 rings (SSSR count). The van der Waals surface area contributed by atoms with Crippen LogP contribution < -0.4 is 0 Å². The number of amides is 2. The minimum absolute atomic E-state index is 0.133. The zero-order chi connectivity index (χ0) is 30.5. The van der Waals surface area contributed by atoms with E-state index in [1.54, 1.807) is 40.3 Å². The molecule has 2 amide bonds. The van der Waals surface area contributed by atoms with Crippen molar-refractivity contribution in [1.29, 1.82) is 0 Å². The molecule has 8 nitrogen and oxygen atoms in total. The highest BCUT2D eigenvalue weighted by Gasteiger charge is 2.46. The van der Waals surface area contributed by atoms with Crippen molar-refractivity contribution in [2.24, 2.45) is 0 Å². The van der Waals surface area contributed by atoms with Crippen LogP contribution in [0, 0.1) is 0 Å². The zero-order valence-corrected chi connectivity index (χ0v) is 24.3. The number of benzene rings is 4. The number of phenols is 1. The molecular weight excluding hydrogens is 552 g/mol. The zero-order valence-electron chi connectivity index (χ0n) is 24.3. The summed E-state index contributed by atoms with van der Waals surface area (Å²) in [6, 6.07) is 34.3. The van der Waals surface area contributed by atoms with Crippen LogP contribution in [0.3, 0.4) is 0 Å². The average Bonchev–Trinajstić information content (AvgIpc) is 3.59. The van der Waals surface area contributed by atoms with E-state index in [9.17, 15) is 20.1 Å². The topological polar surface area (TPSA) is 113 Å². The van der Waals surface area contributed by atoms with Crippen molar-refractivity contribution in [2.45, 2.75) is 50.2 Å². The summed E-state index contributed by atoms with van der Waals surface area (Å²) in [5.41, 5.74) is 5.40. The van der Waals surface area contributed by atoms with Gasteiger partial charge in [0.2, 0.25) is 0 Å². The first-order valence-corrected chi connectivity index (χ1v) is 14.8. The minimum atomic E-state index is -1.22. The quantitative estimate of drug-likeness (QED) is 0.190. The van der Waals surface area contributed by atoms with Gasteiger partial charge in [0.15, 0.2) is 0 Å². The van der Waals surface area contributed by atoms with Crippen molar-refractivity contribution in [3.63, 3.8) is 0 Å². The van der Waals surface area contributed by atoms with Gasteiger partial charge >= 0.3 is 6.03 Å². The predicted octanol–water partition coefficient (Wildman–Crippen LogP) is 5.16. The van der Waals surface area contributed by atoms with Crippen molar-refractivity contribution in [3.8, 4) is 17.0 Å². The van der Waals surface area contributed by atoms with Crippen molar-refractivity contribution in [1.82, 2.24) is 20.0 Å². The predicted molar refractivity (Wildman–Crippen MR) is 168 cm³/mol. The maximum atomic E-state index is 14.8. The van der Waals surface area contributed by atoms with Gasteiger partial charge in [0.05, 0.1) is 17.8 Å². The van der Waals surface area contributed by atoms with E-state index >= 15 is 0 Å². The first-order chi connectivity index (χ1) is 21.5. The molecule has 0 unspecified atom stereocenters. The van der Waals surface area contributed by atoms with Crippen LogP contribution in [0.25, 0.3) is 11.3 Å². The van der Waals surface area contributed by atoms with E-state index in [1.807, 2.05) is 91.0 Å². The first kappa shape index (κ1) is 29.2. The number of aliphatic hydroxyl groups excluding tert-OH is 2. The third kappa shape index (κ3) is 6.51. The fourth-order valence-electron chi connectivity index (χ4n) is 6.06. The summed E-state index contributed by atoms with van der Waals surface area (Å²) in [6.07, 6.45) is 0.00208. The highest BCUT2D eigenvalue weighted by atomic mass is 16.3. The standard InChI is InChI=1S/C36H36N4O4/c41-30-16-14-27(15-17-30)23-39-32(21-25-8-3-1-4-9-25)34(42)35(43)33(22-26-10-5-2-6-11-26)40(36(39)44)24-28-12-7-13-29(20-28)31-18-19-37-38-31/h1-20,32-35,41-43H,21-24H2,(H,37,38)/t32-,33-,34+,35+/m1/s1. The van der Waals surface area contributed by atoms with Gasteiger partial charge in [-0.2, -0.15) is 5.10 Å². The SMILES string of the molecule is O=C1N(Cc2ccc(O)cc2)[C@H](Cc2ccccc2)[C@H](O)[C@@H](O)[C@@H](Cc2ccccc2)N1Cc1cccc(-c2ccn[nH]2)c1. The molecule has 4 aromatic carbocycles. The van der Waals surface area contributed by atoms with Crippen molar-refractivity contribution in [2.75, 3.05) is 0 Å². The lowest BCUT2D eigenvalue weighted by molar-refractivity contribution is -0.0408. The third-order valence-electron chi connectivity index (χ3n) is 8.39. The van der Waals surface area contributed by atoms with Gasteiger partial charge in [-0.1, -0.05) is 91.0 Å². The first-order valence-electron chi connectivity index (χ1n) is 14.8. The second kappa shape index (κ2) is 13.2. The van der Waals surface area contributed by atoms with Gasteiger partial charge in [-0.05, 0) is 64.9 Å². The molecule has 224 valence electrons. The summed E-state index contributed by atoms with van der Waals surface area (Å²) in [5, 5.41) is 40.7.